The number of fused-ring (bicyclic) bond motifs is 1. The van der Waals surface area contributed by atoms with Gasteiger partial charge in [0.2, 0.25) is 0 Å². The van der Waals surface area contributed by atoms with Gasteiger partial charge in [0.25, 0.3) is 0 Å². The fraction of sp³-hybridized carbons (Fsp3) is 0.524. The van der Waals surface area contributed by atoms with E-state index in [1.165, 1.54) is 6.42 Å². The summed E-state index contributed by atoms with van der Waals surface area (Å²) >= 11 is 0. The number of nitrogens with zero attached hydrogens (tertiary/aromatic N) is 1. The first-order chi connectivity index (χ1) is 11.0. The van der Waals surface area contributed by atoms with Crippen molar-refractivity contribution in [1.82, 2.24) is 4.98 Å². The molecule has 0 N–H and O–H groups in total. The van der Waals surface area contributed by atoms with Crippen LogP contribution in [0.25, 0.3) is 10.9 Å². The summed E-state index contributed by atoms with van der Waals surface area (Å²) in [4.78, 5) is 17.3. The first-order valence-electron chi connectivity index (χ1n) is 8.85. The predicted octanol–water partition coefficient (Wildman–Crippen LogP) is 5.44. The molecule has 2 rings (SSSR count). The standard InChI is InChI=1S/C21H29NO/c1-15(2)8-7-10-18(21(23)16(3)4)14-19-13-12-17-9-5-6-11-20(17)22-19/h5-6,9,11-13,15-16,18H,7-8,10,14H2,1-4H3. The Balaban J connectivity index is 2.12. The number of carbonyl (C=O) groups excluding carboxylic acids is 1. The van der Waals surface area contributed by atoms with Crippen LogP contribution in [0.1, 0.15) is 52.7 Å². The Morgan fingerprint density at radius 1 is 1.00 bits per heavy atom. The Hall–Kier alpha value is -1.70. The molecule has 23 heavy (non-hydrogen) atoms. The van der Waals surface area contributed by atoms with Crippen LogP contribution in [0.4, 0.5) is 0 Å². The maximum Gasteiger partial charge on any atom is 0.138 e. The van der Waals surface area contributed by atoms with Gasteiger partial charge in [0.1, 0.15) is 5.78 Å². The molecule has 2 aromatic rings. The molecule has 1 heterocycles. The maximum absolute atomic E-state index is 12.6. The molecule has 0 saturated carbocycles. The molecule has 2 nitrogen and oxygen atoms in total. The molecule has 1 unspecified atom stereocenters. The topological polar surface area (TPSA) is 30.0 Å². The van der Waals surface area contributed by atoms with Gasteiger partial charge in [-0.05, 0) is 30.9 Å². The molecule has 0 aliphatic carbocycles. The lowest BCUT2D eigenvalue weighted by atomic mass is 9.86. The zero-order valence-electron chi connectivity index (χ0n) is 14.9. The second-order valence-electron chi connectivity index (χ2n) is 7.28. The number of rotatable bonds is 8. The number of carbonyl (C=O) groups is 1. The zero-order valence-corrected chi connectivity index (χ0v) is 14.9. The molecule has 1 aromatic heterocycles. The number of ketones is 1. The summed E-state index contributed by atoms with van der Waals surface area (Å²) < 4.78 is 0. The van der Waals surface area contributed by atoms with E-state index in [1.54, 1.807) is 0 Å². The summed E-state index contributed by atoms with van der Waals surface area (Å²) in [5.41, 5.74) is 2.05. The fourth-order valence-electron chi connectivity index (χ4n) is 3.06. The minimum atomic E-state index is 0.0968. The SMILES string of the molecule is CC(C)CCCC(Cc1ccc2ccccc2n1)C(=O)C(C)C. The summed E-state index contributed by atoms with van der Waals surface area (Å²) in [7, 11) is 0. The zero-order chi connectivity index (χ0) is 16.8. The van der Waals surface area contributed by atoms with E-state index in [2.05, 4.69) is 32.0 Å². The molecule has 0 aliphatic heterocycles. The number of aromatic nitrogens is 1. The van der Waals surface area contributed by atoms with E-state index in [0.717, 1.165) is 35.9 Å². The minimum absolute atomic E-state index is 0.0968. The number of para-hydroxylation sites is 1. The van der Waals surface area contributed by atoms with Crippen molar-refractivity contribution in [3.05, 3.63) is 42.1 Å². The van der Waals surface area contributed by atoms with Gasteiger partial charge >= 0.3 is 0 Å². The van der Waals surface area contributed by atoms with Crippen LogP contribution in [0.5, 0.6) is 0 Å². The highest BCUT2D eigenvalue weighted by Crippen LogP contribution is 2.22. The van der Waals surface area contributed by atoms with Gasteiger partial charge in [-0.25, -0.2) is 0 Å². The Morgan fingerprint density at radius 3 is 2.43 bits per heavy atom. The van der Waals surface area contributed by atoms with E-state index >= 15 is 0 Å². The van der Waals surface area contributed by atoms with Gasteiger partial charge in [0.15, 0.2) is 0 Å². The minimum Gasteiger partial charge on any atom is -0.299 e. The van der Waals surface area contributed by atoms with Crippen molar-refractivity contribution < 1.29 is 4.79 Å². The largest absolute Gasteiger partial charge is 0.299 e. The van der Waals surface area contributed by atoms with Crippen LogP contribution in [0.3, 0.4) is 0 Å². The van der Waals surface area contributed by atoms with Crippen LogP contribution in [-0.2, 0) is 11.2 Å². The normalized spacial score (nSPS) is 13.0. The van der Waals surface area contributed by atoms with Crippen LogP contribution in [0.15, 0.2) is 36.4 Å². The third-order valence-electron chi connectivity index (χ3n) is 4.42. The summed E-state index contributed by atoms with van der Waals surface area (Å²) in [6.07, 6.45) is 4.05. The molecule has 0 spiro atoms. The van der Waals surface area contributed by atoms with Gasteiger partial charge in [-0.2, -0.15) is 0 Å². The molecule has 0 fully saturated rings. The highest BCUT2D eigenvalue weighted by atomic mass is 16.1. The third kappa shape index (κ3) is 5.16. The molecule has 2 heteroatoms. The molecule has 0 bridgehead atoms. The van der Waals surface area contributed by atoms with Crippen LogP contribution in [0, 0.1) is 17.8 Å². The van der Waals surface area contributed by atoms with Gasteiger partial charge in [-0.15, -0.1) is 0 Å². The van der Waals surface area contributed by atoms with Crippen molar-refractivity contribution in [3.8, 4) is 0 Å². The Morgan fingerprint density at radius 2 is 1.74 bits per heavy atom. The number of Topliss-reactive ketones (excluding diaryl/α,β-unsaturated/α-hetero) is 1. The average molecular weight is 311 g/mol. The summed E-state index contributed by atoms with van der Waals surface area (Å²) in [5, 5.41) is 1.16. The van der Waals surface area contributed by atoms with Gasteiger partial charge in [-0.1, -0.05) is 64.8 Å². The van der Waals surface area contributed by atoms with E-state index in [-0.39, 0.29) is 11.8 Å². The Bertz CT molecular complexity index is 645. The first kappa shape index (κ1) is 17.7. The Labute approximate surface area is 140 Å². The first-order valence-corrected chi connectivity index (χ1v) is 8.85. The van der Waals surface area contributed by atoms with Crippen molar-refractivity contribution in [3.63, 3.8) is 0 Å². The molecule has 0 saturated heterocycles. The van der Waals surface area contributed by atoms with E-state index in [0.29, 0.717) is 11.7 Å². The molecule has 0 amide bonds. The fourth-order valence-corrected chi connectivity index (χ4v) is 3.06. The number of hydrogen-bond donors (Lipinski definition) is 0. The lowest BCUT2D eigenvalue weighted by molar-refractivity contribution is -0.126. The molecule has 0 aliphatic rings. The van der Waals surface area contributed by atoms with Crippen molar-refractivity contribution in [2.75, 3.05) is 0 Å². The summed E-state index contributed by atoms with van der Waals surface area (Å²) in [6.45, 7) is 8.49. The van der Waals surface area contributed by atoms with Crippen LogP contribution >= 0.6 is 0 Å². The van der Waals surface area contributed by atoms with E-state index in [1.807, 2.05) is 32.0 Å². The molecular formula is C21H29NO. The van der Waals surface area contributed by atoms with Crippen molar-refractivity contribution in [1.29, 1.82) is 0 Å². The highest BCUT2D eigenvalue weighted by Gasteiger charge is 2.22. The second-order valence-corrected chi connectivity index (χ2v) is 7.28. The lowest BCUT2D eigenvalue weighted by Gasteiger charge is -2.18. The quantitative estimate of drug-likeness (QED) is 0.649. The maximum atomic E-state index is 12.6. The van der Waals surface area contributed by atoms with Crippen molar-refractivity contribution in [2.24, 2.45) is 17.8 Å². The van der Waals surface area contributed by atoms with Gasteiger partial charge < -0.3 is 0 Å². The second kappa shape index (κ2) is 8.24. The average Bonchev–Trinajstić information content (AvgIpc) is 2.52. The summed E-state index contributed by atoms with van der Waals surface area (Å²) in [5.74, 6) is 1.27. The molecule has 1 aromatic carbocycles. The molecule has 124 valence electrons. The van der Waals surface area contributed by atoms with Crippen molar-refractivity contribution in [2.45, 2.75) is 53.4 Å². The molecular weight excluding hydrogens is 282 g/mol. The number of hydrogen-bond acceptors (Lipinski definition) is 2. The monoisotopic (exact) mass is 311 g/mol. The van der Waals surface area contributed by atoms with Crippen LogP contribution < -0.4 is 0 Å². The van der Waals surface area contributed by atoms with Gasteiger partial charge in [0, 0.05) is 22.9 Å². The predicted molar refractivity (Wildman–Crippen MR) is 97.5 cm³/mol. The third-order valence-corrected chi connectivity index (χ3v) is 4.42. The molecule has 1 atom stereocenters. The van der Waals surface area contributed by atoms with Crippen molar-refractivity contribution >= 4 is 16.7 Å². The van der Waals surface area contributed by atoms with Gasteiger partial charge in [0.05, 0.1) is 5.52 Å². The van der Waals surface area contributed by atoms with Gasteiger partial charge in [-0.3, -0.25) is 9.78 Å². The lowest BCUT2D eigenvalue weighted by Crippen LogP contribution is -2.22. The summed E-state index contributed by atoms with van der Waals surface area (Å²) in [6, 6.07) is 12.3. The smallest absolute Gasteiger partial charge is 0.138 e. The van der Waals surface area contributed by atoms with E-state index in [9.17, 15) is 4.79 Å². The number of benzene rings is 1. The highest BCUT2D eigenvalue weighted by molar-refractivity contribution is 5.83. The van der Waals surface area contributed by atoms with Crippen LogP contribution in [-0.4, -0.2) is 10.8 Å². The molecule has 0 radical (unpaired) electrons. The number of pyridine rings is 1. The van der Waals surface area contributed by atoms with E-state index < -0.39 is 0 Å². The van der Waals surface area contributed by atoms with E-state index in [4.69, 9.17) is 4.98 Å². The Kier molecular flexibility index (Phi) is 6.32. The van der Waals surface area contributed by atoms with Crippen LogP contribution in [0.2, 0.25) is 0 Å².